The van der Waals surface area contributed by atoms with Gasteiger partial charge in [-0.05, 0) is 44.4 Å². The van der Waals surface area contributed by atoms with E-state index >= 15 is 0 Å². The first kappa shape index (κ1) is 15.1. The third-order valence-corrected chi connectivity index (χ3v) is 4.45. The van der Waals surface area contributed by atoms with Crippen LogP contribution in [0.5, 0.6) is 0 Å². The lowest BCUT2D eigenvalue weighted by molar-refractivity contribution is -0.121. The quantitative estimate of drug-likeness (QED) is 0.504. The molecular weight excluding hydrogens is 224 g/mol. The molecule has 1 aliphatic rings. The zero-order chi connectivity index (χ0) is 13.8. The van der Waals surface area contributed by atoms with Crippen molar-refractivity contribution in [3.63, 3.8) is 0 Å². The van der Waals surface area contributed by atoms with E-state index in [1.807, 2.05) is 0 Å². The Hall–Kier alpha value is -0.920. The summed E-state index contributed by atoms with van der Waals surface area (Å²) in [5.74, 6) is 1.05. The second-order valence-electron chi connectivity index (χ2n) is 6.19. The van der Waals surface area contributed by atoms with E-state index < -0.39 is 0 Å². The second-order valence-corrected chi connectivity index (χ2v) is 6.19. The molecule has 1 rings (SSSR count). The Morgan fingerprint density at radius 1 is 1.28 bits per heavy atom. The standard InChI is InChI=1S/C16H26O2/c1-12-9-10-14(16(12,3)4)11-15(18)8-6-5-7-13(2)17/h9,14H,5-8,10-11H2,1-4H3/t14-/m1/s1. The highest BCUT2D eigenvalue weighted by molar-refractivity contribution is 5.79. The number of rotatable bonds is 7. The molecule has 0 fully saturated rings. The summed E-state index contributed by atoms with van der Waals surface area (Å²) in [6.45, 7) is 8.24. The number of Topliss-reactive ketones (excluding diaryl/α,β-unsaturated/α-hetero) is 2. The van der Waals surface area contributed by atoms with E-state index in [2.05, 4.69) is 26.8 Å². The van der Waals surface area contributed by atoms with Gasteiger partial charge in [0, 0.05) is 19.3 Å². The van der Waals surface area contributed by atoms with Crippen molar-refractivity contribution in [1.29, 1.82) is 0 Å². The Morgan fingerprint density at radius 3 is 2.39 bits per heavy atom. The molecule has 0 radical (unpaired) electrons. The predicted molar refractivity (Wildman–Crippen MR) is 74.4 cm³/mol. The molecule has 0 amide bonds. The van der Waals surface area contributed by atoms with E-state index in [1.54, 1.807) is 6.92 Å². The van der Waals surface area contributed by atoms with Crippen LogP contribution in [-0.2, 0) is 9.59 Å². The van der Waals surface area contributed by atoms with Crippen molar-refractivity contribution in [3.8, 4) is 0 Å². The van der Waals surface area contributed by atoms with Gasteiger partial charge in [0.25, 0.3) is 0 Å². The number of carbonyl (C=O) groups is 2. The Kier molecular flexibility index (Phi) is 5.30. The molecule has 0 aromatic heterocycles. The number of carbonyl (C=O) groups excluding carboxylic acids is 2. The maximum atomic E-state index is 11.9. The molecule has 0 heterocycles. The number of hydrogen-bond acceptors (Lipinski definition) is 2. The molecule has 0 N–H and O–H groups in total. The zero-order valence-corrected chi connectivity index (χ0v) is 12.2. The van der Waals surface area contributed by atoms with Gasteiger partial charge >= 0.3 is 0 Å². The van der Waals surface area contributed by atoms with Gasteiger partial charge in [0.05, 0.1) is 0 Å². The van der Waals surface area contributed by atoms with Gasteiger partial charge in [-0.2, -0.15) is 0 Å². The summed E-state index contributed by atoms with van der Waals surface area (Å²) < 4.78 is 0. The van der Waals surface area contributed by atoms with E-state index in [-0.39, 0.29) is 11.2 Å². The fraction of sp³-hybridized carbons (Fsp3) is 0.750. The van der Waals surface area contributed by atoms with Crippen LogP contribution < -0.4 is 0 Å². The highest BCUT2D eigenvalue weighted by Gasteiger charge is 2.35. The fourth-order valence-electron chi connectivity index (χ4n) is 2.61. The summed E-state index contributed by atoms with van der Waals surface area (Å²) in [6.07, 6.45) is 6.97. The van der Waals surface area contributed by atoms with Crippen LogP contribution in [0.2, 0.25) is 0 Å². The minimum atomic E-state index is 0.176. The largest absolute Gasteiger partial charge is 0.300 e. The number of unbranched alkanes of at least 4 members (excludes halogenated alkanes) is 1. The fourth-order valence-corrected chi connectivity index (χ4v) is 2.61. The van der Waals surface area contributed by atoms with Crippen molar-refractivity contribution < 1.29 is 9.59 Å². The molecule has 0 aliphatic heterocycles. The summed E-state index contributed by atoms with van der Waals surface area (Å²) in [5.41, 5.74) is 1.59. The van der Waals surface area contributed by atoms with Gasteiger partial charge in [-0.3, -0.25) is 4.79 Å². The van der Waals surface area contributed by atoms with Gasteiger partial charge in [0.15, 0.2) is 0 Å². The first-order valence-corrected chi connectivity index (χ1v) is 7.02. The van der Waals surface area contributed by atoms with E-state index in [9.17, 15) is 9.59 Å². The lowest BCUT2D eigenvalue weighted by Gasteiger charge is -2.29. The topological polar surface area (TPSA) is 34.1 Å². The van der Waals surface area contributed by atoms with Gasteiger partial charge in [-0.1, -0.05) is 25.5 Å². The molecule has 1 aliphatic carbocycles. The van der Waals surface area contributed by atoms with Crippen molar-refractivity contribution in [2.45, 2.75) is 66.2 Å². The van der Waals surface area contributed by atoms with Crippen molar-refractivity contribution in [2.24, 2.45) is 11.3 Å². The Bertz CT molecular complexity index is 350. The SMILES string of the molecule is CC(=O)CCCCC(=O)C[C@H]1CC=C(C)C1(C)C. The van der Waals surface area contributed by atoms with Crippen LogP contribution in [0.4, 0.5) is 0 Å². The summed E-state index contributed by atoms with van der Waals surface area (Å²) in [4.78, 5) is 22.7. The zero-order valence-electron chi connectivity index (χ0n) is 12.2. The third kappa shape index (κ3) is 4.08. The van der Waals surface area contributed by atoms with Crippen LogP contribution in [-0.4, -0.2) is 11.6 Å². The molecule has 0 saturated heterocycles. The predicted octanol–water partition coefficient (Wildman–Crippen LogP) is 4.09. The van der Waals surface area contributed by atoms with Gasteiger partial charge in [-0.15, -0.1) is 0 Å². The summed E-state index contributed by atoms with van der Waals surface area (Å²) >= 11 is 0. The third-order valence-electron chi connectivity index (χ3n) is 4.45. The minimum Gasteiger partial charge on any atom is -0.300 e. The molecule has 2 heteroatoms. The Morgan fingerprint density at radius 2 is 1.89 bits per heavy atom. The van der Waals surface area contributed by atoms with E-state index in [0.29, 0.717) is 31.0 Å². The van der Waals surface area contributed by atoms with Crippen molar-refractivity contribution in [1.82, 2.24) is 0 Å². The first-order valence-electron chi connectivity index (χ1n) is 7.02. The number of ketones is 2. The van der Waals surface area contributed by atoms with Crippen LogP contribution in [0, 0.1) is 11.3 Å². The highest BCUT2D eigenvalue weighted by Crippen LogP contribution is 2.44. The van der Waals surface area contributed by atoms with Crippen LogP contribution in [0.1, 0.15) is 66.2 Å². The number of hydrogen-bond donors (Lipinski definition) is 0. The average Bonchev–Trinajstić information content (AvgIpc) is 2.51. The number of allylic oxidation sites excluding steroid dienone is 2. The van der Waals surface area contributed by atoms with Gasteiger partial charge < -0.3 is 4.79 Å². The maximum Gasteiger partial charge on any atom is 0.133 e. The molecular formula is C16H26O2. The molecule has 1 atom stereocenters. The summed E-state index contributed by atoms with van der Waals surface area (Å²) in [5, 5.41) is 0. The van der Waals surface area contributed by atoms with Crippen LogP contribution in [0.3, 0.4) is 0 Å². The van der Waals surface area contributed by atoms with Gasteiger partial charge in [-0.25, -0.2) is 0 Å². The van der Waals surface area contributed by atoms with Crippen LogP contribution in [0.25, 0.3) is 0 Å². The summed E-state index contributed by atoms with van der Waals surface area (Å²) in [6, 6.07) is 0. The molecule has 0 spiro atoms. The molecule has 102 valence electrons. The lowest BCUT2D eigenvalue weighted by Crippen LogP contribution is -2.23. The van der Waals surface area contributed by atoms with Crippen LogP contribution >= 0.6 is 0 Å². The van der Waals surface area contributed by atoms with E-state index in [1.165, 1.54) is 5.57 Å². The summed E-state index contributed by atoms with van der Waals surface area (Å²) in [7, 11) is 0. The molecule has 0 aromatic rings. The van der Waals surface area contributed by atoms with Crippen molar-refractivity contribution >= 4 is 11.6 Å². The van der Waals surface area contributed by atoms with Gasteiger partial charge in [0.1, 0.15) is 11.6 Å². The van der Waals surface area contributed by atoms with Gasteiger partial charge in [0.2, 0.25) is 0 Å². The van der Waals surface area contributed by atoms with Crippen molar-refractivity contribution in [2.75, 3.05) is 0 Å². The van der Waals surface area contributed by atoms with Crippen LogP contribution in [0.15, 0.2) is 11.6 Å². The smallest absolute Gasteiger partial charge is 0.133 e. The molecule has 18 heavy (non-hydrogen) atoms. The molecule has 0 aromatic carbocycles. The second kappa shape index (κ2) is 6.31. The minimum absolute atomic E-state index is 0.176. The van der Waals surface area contributed by atoms with E-state index in [0.717, 1.165) is 19.3 Å². The monoisotopic (exact) mass is 250 g/mol. The molecule has 0 bridgehead atoms. The Balaban J connectivity index is 2.27. The molecule has 0 saturated carbocycles. The van der Waals surface area contributed by atoms with Crippen molar-refractivity contribution in [3.05, 3.63) is 11.6 Å². The lowest BCUT2D eigenvalue weighted by atomic mass is 9.75. The highest BCUT2D eigenvalue weighted by atomic mass is 16.1. The molecule has 0 unspecified atom stereocenters. The first-order chi connectivity index (χ1) is 8.34. The normalized spacial score (nSPS) is 21.8. The maximum absolute atomic E-state index is 11.9. The average molecular weight is 250 g/mol. The van der Waals surface area contributed by atoms with E-state index in [4.69, 9.17) is 0 Å². The Labute approximate surface area is 111 Å². The molecule has 2 nitrogen and oxygen atoms in total.